The normalized spacial score (nSPS) is 11.7. The fourth-order valence-corrected chi connectivity index (χ4v) is 7.05. The van der Waals surface area contributed by atoms with Crippen LogP contribution in [0.5, 0.6) is 5.75 Å². The van der Waals surface area contributed by atoms with Gasteiger partial charge in [-0.25, -0.2) is 4.98 Å². The van der Waals surface area contributed by atoms with E-state index in [0.29, 0.717) is 23.0 Å². The minimum atomic E-state index is -0.576. The summed E-state index contributed by atoms with van der Waals surface area (Å²) in [6.45, 7) is 2.54. The molecule has 0 aliphatic carbocycles. The number of halogens is 1. The van der Waals surface area contributed by atoms with Crippen LogP contribution in [0.1, 0.15) is 33.7 Å². The molecular weight excluding hydrogens is 757 g/mol. The highest BCUT2D eigenvalue weighted by Crippen LogP contribution is 2.37. The van der Waals surface area contributed by atoms with Crippen molar-refractivity contribution >= 4 is 73.6 Å². The van der Waals surface area contributed by atoms with Gasteiger partial charge in [-0.1, -0.05) is 76.6 Å². The minimum Gasteiger partial charge on any atom is -0.494 e. The molecule has 0 aliphatic rings. The number of carbonyl (C=O) groups is 3. The number of carbonyl (C=O) groups excluding carboxylic acids is 3. The Morgan fingerprint density at radius 3 is 2.17 bits per heavy atom. The minimum absolute atomic E-state index is 0.0864. The second kappa shape index (κ2) is 17.6. The van der Waals surface area contributed by atoms with Gasteiger partial charge < -0.3 is 20.7 Å². The smallest absolute Gasteiger partial charge is 0.272 e. The molecule has 0 fully saturated rings. The van der Waals surface area contributed by atoms with Crippen molar-refractivity contribution in [3.63, 3.8) is 0 Å². The molecule has 260 valence electrons. The molecule has 5 aromatic carbocycles. The number of amides is 3. The molecule has 6 aromatic rings. The number of nitrogens with zero attached hydrogens (tertiary/aromatic N) is 1. The van der Waals surface area contributed by atoms with Gasteiger partial charge in [0.2, 0.25) is 5.91 Å². The summed E-state index contributed by atoms with van der Waals surface area (Å²) in [7, 11) is 0. The lowest BCUT2D eigenvalue weighted by Crippen LogP contribution is -2.30. The van der Waals surface area contributed by atoms with Crippen LogP contribution in [-0.2, 0) is 9.59 Å². The average molecular weight is 790 g/mol. The van der Waals surface area contributed by atoms with Crippen molar-refractivity contribution in [3.05, 3.63) is 166 Å². The predicted octanol–water partition coefficient (Wildman–Crippen LogP) is 9.85. The van der Waals surface area contributed by atoms with E-state index in [4.69, 9.17) is 4.74 Å². The molecule has 0 bridgehead atoms. The monoisotopic (exact) mass is 788 g/mol. The number of hydrogen-bond donors (Lipinski definition) is 3. The largest absolute Gasteiger partial charge is 0.494 e. The zero-order chi connectivity index (χ0) is 36.3. The molecule has 0 spiro atoms. The van der Waals surface area contributed by atoms with E-state index in [2.05, 4.69) is 36.9 Å². The van der Waals surface area contributed by atoms with Crippen LogP contribution in [0.15, 0.2) is 154 Å². The van der Waals surface area contributed by atoms with Gasteiger partial charge in [0.15, 0.2) is 5.13 Å². The maximum atomic E-state index is 13.7. The molecule has 0 radical (unpaired) electrons. The summed E-state index contributed by atoms with van der Waals surface area (Å²) in [6, 6.07) is 40.6. The Hall–Kier alpha value is -5.49. The number of rotatable bonds is 13. The average Bonchev–Trinajstić information content (AvgIpc) is 3.64. The predicted molar refractivity (Wildman–Crippen MR) is 213 cm³/mol. The molecule has 3 N–H and O–H groups in total. The molecule has 52 heavy (non-hydrogen) atoms. The van der Waals surface area contributed by atoms with Crippen LogP contribution >= 0.6 is 39.0 Å². The number of thiazole rings is 1. The Labute approximate surface area is 318 Å². The van der Waals surface area contributed by atoms with E-state index >= 15 is 0 Å². The molecule has 11 heteroatoms. The lowest BCUT2D eigenvalue weighted by atomic mass is 10.1. The van der Waals surface area contributed by atoms with Crippen LogP contribution in [0.25, 0.3) is 17.3 Å². The second-order valence-electron chi connectivity index (χ2n) is 11.3. The number of thioether (sulfide) groups is 1. The second-order valence-corrected chi connectivity index (χ2v) is 14.3. The summed E-state index contributed by atoms with van der Waals surface area (Å²) in [5.41, 5.74) is 4.30. The molecule has 0 aliphatic heterocycles. The third-order valence-corrected chi connectivity index (χ3v) is 10.2. The maximum Gasteiger partial charge on any atom is 0.272 e. The van der Waals surface area contributed by atoms with Gasteiger partial charge in [0, 0.05) is 31.6 Å². The number of benzene rings is 5. The summed E-state index contributed by atoms with van der Waals surface area (Å²) in [4.78, 5) is 45.8. The van der Waals surface area contributed by atoms with E-state index in [-0.39, 0.29) is 11.6 Å². The zero-order valence-corrected chi connectivity index (χ0v) is 31.1. The van der Waals surface area contributed by atoms with Crippen LogP contribution < -0.4 is 20.7 Å². The van der Waals surface area contributed by atoms with Gasteiger partial charge in [0.05, 0.1) is 12.3 Å². The molecule has 0 saturated heterocycles. The van der Waals surface area contributed by atoms with Crippen molar-refractivity contribution in [2.75, 3.05) is 17.2 Å². The molecule has 1 atom stereocenters. The van der Waals surface area contributed by atoms with Gasteiger partial charge in [-0.2, -0.15) is 0 Å². The summed E-state index contributed by atoms with van der Waals surface area (Å²) in [5, 5.41) is 10.5. The molecule has 1 heterocycles. The SMILES string of the molecule is CCOc1ccc(-c2csc(NC(=O)C(Sc3ccc(NC(=O)/C(=C/c4ccc(Br)cc4)NC(=O)c4ccccc4)cc3)c3ccccc3)n2)cc1. The lowest BCUT2D eigenvalue weighted by Gasteiger charge is -2.17. The summed E-state index contributed by atoms with van der Waals surface area (Å²) in [6.07, 6.45) is 1.62. The first-order valence-corrected chi connectivity index (χ1v) is 18.9. The van der Waals surface area contributed by atoms with Crippen molar-refractivity contribution in [3.8, 4) is 17.0 Å². The van der Waals surface area contributed by atoms with E-state index in [1.807, 2.05) is 109 Å². The first kappa shape index (κ1) is 36.3. The number of hydrogen-bond acceptors (Lipinski definition) is 7. The lowest BCUT2D eigenvalue weighted by molar-refractivity contribution is -0.116. The molecule has 1 aromatic heterocycles. The van der Waals surface area contributed by atoms with Crippen molar-refractivity contribution in [2.24, 2.45) is 0 Å². The number of ether oxygens (including phenoxy) is 1. The fraction of sp³-hybridized carbons (Fsp3) is 0.0732. The number of nitrogens with one attached hydrogen (secondary N) is 3. The van der Waals surface area contributed by atoms with Gasteiger partial charge in [-0.15, -0.1) is 23.1 Å². The Bertz CT molecular complexity index is 2160. The molecule has 8 nitrogen and oxygen atoms in total. The molecule has 6 rings (SSSR count). The van der Waals surface area contributed by atoms with Gasteiger partial charge in [0.25, 0.3) is 11.8 Å². The highest BCUT2D eigenvalue weighted by molar-refractivity contribution is 9.10. The third kappa shape index (κ3) is 9.85. The Morgan fingerprint density at radius 2 is 1.50 bits per heavy atom. The van der Waals surface area contributed by atoms with E-state index in [1.54, 1.807) is 42.5 Å². The topological polar surface area (TPSA) is 109 Å². The van der Waals surface area contributed by atoms with Gasteiger partial charge in [-0.3, -0.25) is 14.4 Å². The molecule has 0 saturated carbocycles. The van der Waals surface area contributed by atoms with Gasteiger partial charge in [-0.05, 0) is 96.9 Å². The van der Waals surface area contributed by atoms with Crippen molar-refractivity contribution < 1.29 is 19.1 Å². The van der Waals surface area contributed by atoms with Gasteiger partial charge in [0.1, 0.15) is 16.7 Å². The van der Waals surface area contributed by atoms with Crippen LogP contribution in [0.3, 0.4) is 0 Å². The Morgan fingerprint density at radius 1 is 0.827 bits per heavy atom. The van der Waals surface area contributed by atoms with Crippen LogP contribution in [0.4, 0.5) is 10.8 Å². The standard InChI is InChI=1S/C41H33BrN4O4S2/c1-2-50-33-21-15-28(16-22-33)36-26-51-41(45-36)46-40(49)37(29-9-5-3-6-10-29)52-34-23-19-32(20-24-34)43-39(48)35(25-27-13-17-31(42)18-14-27)44-38(47)30-11-7-4-8-12-30/h3-26,37H,2H2,1H3,(H,43,48)(H,44,47)(H,45,46,49)/b35-25-. The van der Waals surface area contributed by atoms with E-state index < -0.39 is 17.1 Å². The Kier molecular flexibility index (Phi) is 12.3. The van der Waals surface area contributed by atoms with Crippen LogP contribution in [0, 0.1) is 0 Å². The van der Waals surface area contributed by atoms with Crippen LogP contribution in [-0.4, -0.2) is 29.3 Å². The summed E-state index contributed by atoms with van der Waals surface area (Å²) in [5.74, 6) is -0.305. The van der Waals surface area contributed by atoms with Crippen molar-refractivity contribution in [2.45, 2.75) is 17.1 Å². The van der Waals surface area contributed by atoms with E-state index in [0.717, 1.165) is 37.5 Å². The van der Waals surface area contributed by atoms with E-state index in [9.17, 15) is 14.4 Å². The number of anilines is 2. The van der Waals surface area contributed by atoms with Crippen molar-refractivity contribution in [1.29, 1.82) is 0 Å². The molecule has 3 amide bonds. The quantitative estimate of drug-likeness (QED) is 0.0795. The first-order chi connectivity index (χ1) is 25.3. The van der Waals surface area contributed by atoms with Crippen LogP contribution in [0.2, 0.25) is 0 Å². The summed E-state index contributed by atoms with van der Waals surface area (Å²) < 4.78 is 6.44. The number of aromatic nitrogens is 1. The summed E-state index contributed by atoms with van der Waals surface area (Å²) >= 11 is 6.18. The highest BCUT2D eigenvalue weighted by atomic mass is 79.9. The highest BCUT2D eigenvalue weighted by Gasteiger charge is 2.24. The molecule has 1 unspecified atom stereocenters. The van der Waals surface area contributed by atoms with Gasteiger partial charge >= 0.3 is 0 Å². The van der Waals surface area contributed by atoms with Crippen molar-refractivity contribution in [1.82, 2.24) is 10.3 Å². The Balaban J connectivity index is 1.15. The molecular formula is C41H33BrN4O4S2. The maximum absolute atomic E-state index is 13.7. The zero-order valence-electron chi connectivity index (χ0n) is 27.9. The van der Waals surface area contributed by atoms with E-state index in [1.165, 1.54) is 23.1 Å². The fourth-order valence-electron chi connectivity index (χ4n) is 5.04. The first-order valence-electron chi connectivity index (χ1n) is 16.3. The third-order valence-electron chi connectivity index (χ3n) is 7.61.